The van der Waals surface area contributed by atoms with Crippen LogP contribution in [0.2, 0.25) is 0 Å². The van der Waals surface area contributed by atoms with Gasteiger partial charge in [0.05, 0.1) is 0 Å². The first-order valence-electron chi connectivity index (χ1n) is 10.5. The summed E-state index contributed by atoms with van der Waals surface area (Å²) in [6.07, 6.45) is -1.05. The second-order valence-electron chi connectivity index (χ2n) is 8.27. The molecule has 0 aliphatic heterocycles. The average molecular weight is 436 g/mol. The van der Waals surface area contributed by atoms with Gasteiger partial charge in [-0.2, -0.15) is 13.2 Å². The van der Waals surface area contributed by atoms with E-state index in [1.807, 2.05) is 19.1 Å². The second kappa shape index (κ2) is 8.21. The predicted octanol–water partition coefficient (Wildman–Crippen LogP) is 8.16. The average Bonchev–Trinajstić information content (AvgIpc) is 2.69. The van der Waals surface area contributed by atoms with Crippen molar-refractivity contribution in [3.05, 3.63) is 82.2 Å². The number of halogens is 6. The first-order valence-corrected chi connectivity index (χ1v) is 10.5. The third kappa shape index (κ3) is 4.04. The van der Waals surface area contributed by atoms with Gasteiger partial charge in [-0.05, 0) is 76.9 Å². The van der Waals surface area contributed by atoms with E-state index in [1.165, 1.54) is 12.1 Å². The summed E-state index contributed by atoms with van der Waals surface area (Å²) in [7, 11) is 0. The Labute approximate surface area is 176 Å². The molecule has 1 aliphatic carbocycles. The lowest BCUT2D eigenvalue weighted by Gasteiger charge is -2.35. The molecule has 0 fully saturated rings. The number of alkyl halides is 3. The van der Waals surface area contributed by atoms with Crippen molar-refractivity contribution in [2.75, 3.05) is 0 Å². The highest BCUT2D eigenvalue weighted by molar-refractivity contribution is 5.87. The maximum atomic E-state index is 14.4. The Morgan fingerprint density at radius 3 is 2.26 bits per heavy atom. The van der Waals surface area contributed by atoms with E-state index in [9.17, 15) is 26.3 Å². The van der Waals surface area contributed by atoms with Gasteiger partial charge in [0, 0.05) is 5.92 Å². The number of hydrogen-bond donors (Lipinski definition) is 0. The van der Waals surface area contributed by atoms with Gasteiger partial charge in [-0.25, -0.2) is 13.2 Å². The minimum Gasteiger partial charge on any atom is -0.207 e. The van der Waals surface area contributed by atoms with Crippen LogP contribution in [0, 0.1) is 23.4 Å². The van der Waals surface area contributed by atoms with Crippen molar-refractivity contribution in [2.24, 2.45) is 5.92 Å². The molecular formula is C25H22F6. The summed E-state index contributed by atoms with van der Waals surface area (Å²) in [4.78, 5) is 0. The molecule has 0 nitrogen and oxygen atoms in total. The Hall–Kier alpha value is -2.50. The molecule has 0 heterocycles. The quantitative estimate of drug-likeness (QED) is 0.362. The van der Waals surface area contributed by atoms with E-state index in [4.69, 9.17) is 0 Å². The van der Waals surface area contributed by atoms with E-state index in [-0.39, 0.29) is 17.3 Å². The molecule has 0 radical (unpaired) electrons. The Bertz CT molecular complexity index is 1090. The number of rotatable bonds is 4. The standard InChI is InChI=1S/C25H22F6/c1-2-3-4-15-7-9-18-19(10-6-14-5-8-17(26)13-20(14)18)23(15)16-11-21(27)24(22(28)12-16)25(29,30)31/h5-6,8,10-13,15,23H,2-4,7,9H2,1H3/t15-,23-/m1/s1. The largest absolute Gasteiger partial charge is 0.422 e. The normalized spacial score (nSPS) is 18.9. The molecule has 0 saturated heterocycles. The number of fused-ring (bicyclic) bond motifs is 3. The molecule has 0 N–H and O–H groups in total. The smallest absolute Gasteiger partial charge is 0.207 e. The van der Waals surface area contributed by atoms with Gasteiger partial charge in [0.25, 0.3) is 0 Å². The molecule has 0 amide bonds. The summed E-state index contributed by atoms with van der Waals surface area (Å²) in [5, 5.41) is 1.60. The molecule has 0 aromatic heterocycles. The summed E-state index contributed by atoms with van der Waals surface area (Å²) >= 11 is 0. The minimum absolute atomic E-state index is 0.0361. The van der Waals surface area contributed by atoms with Crippen LogP contribution in [0.15, 0.2) is 42.5 Å². The molecule has 164 valence electrons. The maximum Gasteiger partial charge on any atom is 0.422 e. The molecule has 0 spiro atoms. The van der Waals surface area contributed by atoms with Crippen molar-refractivity contribution in [1.82, 2.24) is 0 Å². The molecule has 31 heavy (non-hydrogen) atoms. The van der Waals surface area contributed by atoms with Crippen molar-refractivity contribution in [1.29, 1.82) is 0 Å². The molecule has 3 aromatic rings. The third-order valence-corrected chi connectivity index (χ3v) is 6.34. The van der Waals surface area contributed by atoms with Crippen LogP contribution in [0.1, 0.15) is 60.8 Å². The van der Waals surface area contributed by atoms with Crippen LogP contribution >= 0.6 is 0 Å². The zero-order chi connectivity index (χ0) is 22.3. The molecular weight excluding hydrogens is 414 g/mol. The van der Waals surface area contributed by atoms with Gasteiger partial charge in [0.2, 0.25) is 0 Å². The Kier molecular flexibility index (Phi) is 5.75. The van der Waals surface area contributed by atoms with Crippen molar-refractivity contribution in [3.8, 4) is 0 Å². The summed E-state index contributed by atoms with van der Waals surface area (Å²) in [5.41, 5.74) is 0.0401. The molecule has 3 aromatic carbocycles. The Morgan fingerprint density at radius 1 is 0.935 bits per heavy atom. The molecule has 1 aliphatic rings. The van der Waals surface area contributed by atoms with E-state index in [2.05, 4.69) is 0 Å². The van der Waals surface area contributed by atoms with Gasteiger partial charge in [-0.3, -0.25) is 0 Å². The van der Waals surface area contributed by atoms with Crippen molar-refractivity contribution < 1.29 is 26.3 Å². The Morgan fingerprint density at radius 2 is 1.61 bits per heavy atom. The highest BCUT2D eigenvalue weighted by Crippen LogP contribution is 2.46. The fraction of sp³-hybridized carbons (Fsp3) is 0.360. The fourth-order valence-electron chi connectivity index (χ4n) is 4.96. The molecule has 4 rings (SSSR count). The summed E-state index contributed by atoms with van der Waals surface area (Å²) in [6, 6.07) is 9.85. The lowest BCUT2D eigenvalue weighted by Crippen LogP contribution is -2.23. The number of unbranched alkanes of at least 4 members (excludes halogenated alkanes) is 1. The first kappa shape index (κ1) is 21.7. The van der Waals surface area contributed by atoms with Crippen LogP contribution in [0.5, 0.6) is 0 Å². The summed E-state index contributed by atoms with van der Waals surface area (Å²) < 4.78 is 81.9. The minimum atomic E-state index is -5.10. The number of hydrogen-bond acceptors (Lipinski definition) is 0. The van der Waals surface area contributed by atoms with Gasteiger partial charge in [0.15, 0.2) is 0 Å². The van der Waals surface area contributed by atoms with E-state index < -0.39 is 29.3 Å². The molecule has 2 atom stereocenters. The highest BCUT2D eigenvalue weighted by Gasteiger charge is 2.39. The van der Waals surface area contributed by atoms with Gasteiger partial charge in [-0.1, -0.05) is 38.0 Å². The van der Waals surface area contributed by atoms with Crippen LogP contribution in [0.4, 0.5) is 26.3 Å². The molecule has 0 bridgehead atoms. The Balaban J connectivity index is 1.90. The summed E-state index contributed by atoms with van der Waals surface area (Å²) in [5.74, 6) is -3.99. The van der Waals surface area contributed by atoms with Crippen LogP contribution in [0.3, 0.4) is 0 Å². The van der Waals surface area contributed by atoms with Gasteiger partial charge < -0.3 is 0 Å². The predicted molar refractivity (Wildman–Crippen MR) is 108 cm³/mol. The number of benzene rings is 3. The van der Waals surface area contributed by atoms with E-state index >= 15 is 0 Å². The molecule has 0 saturated carbocycles. The van der Waals surface area contributed by atoms with Gasteiger partial charge >= 0.3 is 6.18 Å². The topological polar surface area (TPSA) is 0 Å². The van der Waals surface area contributed by atoms with Crippen molar-refractivity contribution in [3.63, 3.8) is 0 Å². The molecule has 0 unspecified atom stereocenters. The highest BCUT2D eigenvalue weighted by atomic mass is 19.4. The van der Waals surface area contributed by atoms with Crippen LogP contribution < -0.4 is 0 Å². The van der Waals surface area contributed by atoms with E-state index in [0.717, 1.165) is 59.7 Å². The fourth-order valence-corrected chi connectivity index (χ4v) is 4.96. The van der Waals surface area contributed by atoms with Crippen molar-refractivity contribution >= 4 is 10.8 Å². The zero-order valence-corrected chi connectivity index (χ0v) is 17.0. The zero-order valence-electron chi connectivity index (χ0n) is 17.0. The SMILES string of the molecule is CCCC[C@@H]1CCc2c(ccc3ccc(F)cc23)[C@H]1c1cc(F)c(C(F)(F)F)c(F)c1. The third-order valence-electron chi connectivity index (χ3n) is 6.34. The maximum absolute atomic E-state index is 14.4. The number of aryl methyl sites for hydroxylation is 1. The molecule has 6 heteroatoms. The van der Waals surface area contributed by atoms with Crippen LogP contribution in [0.25, 0.3) is 10.8 Å². The second-order valence-corrected chi connectivity index (χ2v) is 8.27. The lowest BCUT2D eigenvalue weighted by molar-refractivity contribution is -0.142. The first-order chi connectivity index (χ1) is 14.7. The van der Waals surface area contributed by atoms with Crippen molar-refractivity contribution in [2.45, 2.75) is 51.1 Å². The van der Waals surface area contributed by atoms with Gasteiger partial charge in [0.1, 0.15) is 23.0 Å². The van der Waals surface area contributed by atoms with Crippen LogP contribution in [-0.4, -0.2) is 0 Å². The lowest BCUT2D eigenvalue weighted by atomic mass is 9.69. The van der Waals surface area contributed by atoms with E-state index in [0.29, 0.717) is 6.42 Å². The summed E-state index contributed by atoms with van der Waals surface area (Å²) in [6.45, 7) is 2.04. The monoisotopic (exact) mass is 436 g/mol. The van der Waals surface area contributed by atoms with E-state index in [1.54, 1.807) is 6.07 Å². The van der Waals surface area contributed by atoms with Crippen LogP contribution in [-0.2, 0) is 12.6 Å². The van der Waals surface area contributed by atoms with Gasteiger partial charge in [-0.15, -0.1) is 0 Å².